The van der Waals surface area contributed by atoms with Gasteiger partial charge in [0, 0.05) is 6.54 Å². The standard InChI is InChI=1S/C25H21FN2O3/c26-20-11-8-18(9-12-20)19-10-13-23-21(15-19)27-24(31-23)22-7-4-14-28(22)25(29)30-16-17-5-2-1-3-6-17/h1-3,5-6,8-13,15,22H,4,7,14,16H2. The van der Waals surface area contributed by atoms with Gasteiger partial charge < -0.3 is 9.15 Å². The van der Waals surface area contributed by atoms with Gasteiger partial charge in [-0.2, -0.15) is 0 Å². The summed E-state index contributed by atoms with van der Waals surface area (Å²) in [4.78, 5) is 19.0. The highest BCUT2D eigenvalue weighted by atomic mass is 19.1. The second-order valence-electron chi connectivity index (χ2n) is 7.63. The lowest BCUT2D eigenvalue weighted by molar-refractivity contribution is 0.0881. The molecule has 0 saturated carbocycles. The van der Waals surface area contributed by atoms with Crippen molar-refractivity contribution in [2.45, 2.75) is 25.5 Å². The van der Waals surface area contributed by atoms with Crippen LogP contribution >= 0.6 is 0 Å². The van der Waals surface area contributed by atoms with Crippen molar-refractivity contribution in [3.8, 4) is 11.1 Å². The molecule has 0 radical (unpaired) electrons. The van der Waals surface area contributed by atoms with E-state index in [9.17, 15) is 9.18 Å². The van der Waals surface area contributed by atoms with Gasteiger partial charge >= 0.3 is 6.09 Å². The lowest BCUT2D eigenvalue weighted by Crippen LogP contribution is -2.31. The van der Waals surface area contributed by atoms with Crippen molar-refractivity contribution in [2.75, 3.05) is 6.54 Å². The van der Waals surface area contributed by atoms with Crippen molar-refractivity contribution in [3.05, 3.63) is 90.1 Å². The lowest BCUT2D eigenvalue weighted by Gasteiger charge is -2.21. The van der Waals surface area contributed by atoms with E-state index in [0.29, 0.717) is 23.5 Å². The Hall–Kier alpha value is -3.67. The third kappa shape index (κ3) is 4.01. The van der Waals surface area contributed by atoms with Crippen LogP contribution in [0, 0.1) is 5.82 Å². The SMILES string of the molecule is O=C(OCc1ccccc1)N1CCCC1c1nc2cc(-c3ccc(F)cc3)ccc2o1. The average Bonchev–Trinajstić information content (AvgIpc) is 3.45. The minimum Gasteiger partial charge on any atom is -0.445 e. The Labute approximate surface area is 179 Å². The van der Waals surface area contributed by atoms with Gasteiger partial charge in [-0.1, -0.05) is 48.5 Å². The number of halogens is 1. The Balaban J connectivity index is 1.35. The predicted molar refractivity (Wildman–Crippen MR) is 115 cm³/mol. The Morgan fingerprint density at radius 1 is 1.06 bits per heavy atom. The number of likely N-dealkylation sites (tertiary alicyclic amines) is 1. The number of benzene rings is 3. The topological polar surface area (TPSA) is 55.6 Å². The van der Waals surface area contributed by atoms with Gasteiger partial charge in [-0.25, -0.2) is 14.2 Å². The van der Waals surface area contributed by atoms with Gasteiger partial charge in [0.2, 0.25) is 5.89 Å². The van der Waals surface area contributed by atoms with Gasteiger partial charge in [-0.15, -0.1) is 0 Å². The average molecular weight is 416 g/mol. The molecule has 1 saturated heterocycles. The summed E-state index contributed by atoms with van der Waals surface area (Å²) in [7, 11) is 0. The van der Waals surface area contributed by atoms with Crippen LogP contribution in [0.25, 0.3) is 22.2 Å². The summed E-state index contributed by atoms with van der Waals surface area (Å²) in [6.45, 7) is 0.843. The molecule has 31 heavy (non-hydrogen) atoms. The highest BCUT2D eigenvalue weighted by Gasteiger charge is 2.34. The van der Waals surface area contributed by atoms with Crippen molar-refractivity contribution in [2.24, 2.45) is 0 Å². The summed E-state index contributed by atoms with van der Waals surface area (Å²) in [6.07, 6.45) is 1.28. The maximum absolute atomic E-state index is 13.2. The lowest BCUT2D eigenvalue weighted by atomic mass is 10.1. The van der Waals surface area contributed by atoms with Gasteiger partial charge in [-0.05, 0) is 53.8 Å². The first-order valence-corrected chi connectivity index (χ1v) is 10.3. The molecule has 2 heterocycles. The number of hydrogen-bond acceptors (Lipinski definition) is 4. The molecule has 1 fully saturated rings. The normalized spacial score (nSPS) is 16.0. The molecule has 1 atom stereocenters. The van der Waals surface area contributed by atoms with Crippen LogP contribution in [0.15, 0.2) is 77.2 Å². The van der Waals surface area contributed by atoms with E-state index < -0.39 is 0 Å². The van der Waals surface area contributed by atoms with E-state index >= 15 is 0 Å². The first kappa shape index (κ1) is 19.3. The zero-order valence-electron chi connectivity index (χ0n) is 16.8. The van der Waals surface area contributed by atoms with E-state index in [2.05, 4.69) is 4.98 Å². The molecule has 0 aliphatic carbocycles. The van der Waals surface area contributed by atoms with Gasteiger partial charge in [0.15, 0.2) is 5.58 Å². The van der Waals surface area contributed by atoms with Gasteiger partial charge in [0.05, 0.1) is 0 Å². The summed E-state index contributed by atoms with van der Waals surface area (Å²) in [5.74, 6) is 0.245. The van der Waals surface area contributed by atoms with Crippen LogP contribution in [0.3, 0.4) is 0 Å². The zero-order valence-corrected chi connectivity index (χ0v) is 16.8. The number of aromatic nitrogens is 1. The zero-order chi connectivity index (χ0) is 21.2. The van der Waals surface area contributed by atoms with Gasteiger partial charge in [-0.3, -0.25) is 4.90 Å². The molecule has 1 aliphatic heterocycles. The molecule has 1 unspecified atom stereocenters. The number of ether oxygens (including phenoxy) is 1. The number of carbonyl (C=O) groups is 1. The minimum atomic E-state index is -0.361. The van der Waals surface area contributed by atoms with Crippen molar-refractivity contribution >= 4 is 17.2 Å². The second kappa shape index (κ2) is 8.22. The molecule has 5 rings (SSSR count). The highest BCUT2D eigenvalue weighted by molar-refractivity contribution is 5.80. The Bertz CT molecular complexity index is 1200. The number of amides is 1. The predicted octanol–water partition coefficient (Wildman–Crippen LogP) is 6.11. The van der Waals surface area contributed by atoms with Crippen LogP contribution in [-0.4, -0.2) is 22.5 Å². The fourth-order valence-corrected chi connectivity index (χ4v) is 3.95. The third-order valence-corrected chi connectivity index (χ3v) is 5.56. The maximum atomic E-state index is 13.2. The molecule has 1 amide bonds. The minimum absolute atomic E-state index is 0.234. The largest absolute Gasteiger partial charge is 0.445 e. The van der Waals surface area contributed by atoms with Crippen molar-refractivity contribution in [1.29, 1.82) is 0 Å². The molecule has 1 aliphatic rings. The fourth-order valence-electron chi connectivity index (χ4n) is 3.95. The van der Waals surface area contributed by atoms with E-state index in [1.54, 1.807) is 17.0 Å². The monoisotopic (exact) mass is 416 g/mol. The molecule has 156 valence electrons. The molecule has 0 spiro atoms. The molecule has 3 aromatic carbocycles. The first-order chi connectivity index (χ1) is 15.2. The van der Waals surface area contributed by atoms with E-state index in [-0.39, 0.29) is 24.6 Å². The van der Waals surface area contributed by atoms with Crippen LogP contribution in [0.2, 0.25) is 0 Å². The highest BCUT2D eigenvalue weighted by Crippen LogP contribution is 2.34. The molecule has 6 heteroatoms. The van der Waals surface area contributed by atoms with Crippen LogP contribution < -0.4 is 0 Å². The van der Waals surface area contributed by atoms with E-state index in [0.717, 1.165) is 29.5 Å². The van der Waals surface area contributed by atoms with Crippen LogP contribution in [0.1, 0.15) is 30.3 Å². The van der Waals surface area contributed by atoms with Crippen molar-refractivity contribution in [1.82, 2.24) is 9.88 Å². The van der Waals surface area contributed by atoms with Gasteiger partial charge in [0.25, 0.3) is 0 Å². The van der Waals surface area contributed by atoms with Crippen LogP contribution in [-0.2, 0) is 11.3 Å². The van der Waals surface area contributed by atoms with Crippen molar-refractivity contribution < 1.29 is 18.3 Å². The van der Waals surface area contributed by atoms with Crippen LogP contribution in [0.5, 0.6) is 0 Å². The summed E-state index contributed by atoms with van der Waals surface area (Å²) >= 11 is 0. The fraction of sp³-hybridized carbons (Fsp3) is 0.200. The van der Waals surface area contributed by atoms with E-state index in [4.69, 9.17) is 9.15 Å². The maximum Gasteiger partial charge on any atom is 0.410 e. The third-order valence-electron chi connectivity index (χ3n) is 5.56. The summed E-state index contributed by atoms with van der Waals surface area (Å²) in [5.41, 5.74) is 4.14. The molecule has 0 N–H and O–H groups in total. The van der Waals surface area contributed by atoms with Gasteiger partial charge in [0.1, 0.15) is 24.0 Å². The second-order valence-corrected chi connectivity index (χ2v) is 7.63. The molecule has 4 aromatic rings. The number of fused-ring (bicyclic) bond motifs is 1. The van der Waals surface area contributed by atoms with Crippen molar-refractivity contribution in [3.63, 3.8) is 0 Å². The summed E-state index contributed by atoms with van der Waals surface area (Å²) in [6, 6.07) is 21.4. The Morgan fingerprint density at radius 2 is 1.84 bits per heavy atom. The number of rotatable bonds is 4. The summed E-state index contributed by atoms with van der Waals surface area (Å²) in [5, 5.41) is 0. The quantitative estimate of drug-likeness (QED) is 0.403. The Kier molecular flexibility index (Phi) is 5.12. The first-order valence-electron chi connectivity index (χ1n) is 10.3. The number of nitrogens with zero attached hydrogens (tertiary/aromatic N) is 2. The molecule has 1 aromatic heterocycles. The number of oxazole rings is 1. The van der Waals surface area contributed by atoms with E-state index in [1.807, 2.05) is 48.5 Å². The smallest absolute Gasteiger partial charge is 0.410 e. The molecule has 0 bridgehead atoms. The molecular weight excluding hydrogens is 395 g/mol. The number of hydrogen-bond donors (Lipinski definition) is 0. The van der Waals surface area contributed by atoms with Crippen LogP contribution in [0.4, 0.5) is 9.18 Å². The summed E-state index contributed by atoms with van der Waals surface area (Å²) < 4.78 is 24.7. The number of carbonyl (C=O) groups excluding carboxylic acids is 1. The Morgan fingerprint density at radius 3 is 2.65 bits per heavy atom. The molecule has 5 nitrogen and oxygen atoms in total. The van der Waals surface area contributed by atoms with E-state index in [1.165, 1.54) is 12.1 Å². The molecular formula is C25H21FN2O3.